The van der Waals surface area contributed by atoms with Crippen LogP contribution in [0.2, 0.25) is 0 Å². The summed E-state index contributed by atoms with van der Waals surface area (Å²) in [5.74, 6) is 2.56. The number of anilines is 1. The molecule has 2 aliphatic rings. The summed E-state index contributed by atoms with van der Waals surface area (Å²) in [5, 5.41) is 3.58. The van der Waals surface area contributed by atoms with Crippen molar-refractivity contribution in [3.8, 4) is 0 Å². The second-order valence-corrected chi connectivity index (χ2v) is 7.46. The number of nitrogens with one attached hydrogen (secondary N) is 1. The first-order chi connectivity index (χ1) is 9.33. The summed E-state index contributed by atoms with van der Waals surface area (Å²) in [5.41, 5.74) is 2.74. The van der Waals surface area contributed by atoms with E-state index in [1.165, 1.54) is 59.6 Å². The van der Waals surface area contributed by atoms with E-state index in [0.717, 1.165) is 12.6 Å². The highest BCUT2D eigenvalue weighted by Gasteiger charge is 2.20. The van der Waals surface area contributed by atoms with E-state index in [4.69, 9.17) is 0 Å². The summed E-state index contributed by atoms with van der Waals surface area (Å²) in [6.45, 7) is 3.36. The lowest BCUT2D eigenvalue weighted by molar-refractivity contribution is 0.686. The fourth-order valence-corrected chi connectivity index (χ4v) is 3.82. The van der Waals surface area contributed by atoms with Gasteiger partial charge in [-0.3, -0.25) is 0 Å². The molecular weight excluding hydrogens is 320 g/mol. The lowest BCUT2D eigenvalue weighted by Gasteiger charge is -2.23. The molecule has 0 bridgehead atoms. The zero-order chi connectivity index (χ0) is 13.1. The smallest absolute Gasteiger partial charge is 0.0378 e. The normalized spacial score (nSPS) is 20.4. The topological polar surface area (TPSA) is 15.3 Å². The Morgan fingerprint density at radius 1 is 1.26 bits per heavy atom. The van der Waals surface area contributed by atoms with Gasteiger partial charge in [-0.05, 0) is 42.7 Å². The zero-order valence-corrected chi connectivity index (χ0v) is 13.6. The largest absolute Gasteiger partial charge is 0.371 e. The summed E-state index contributed by atoms with van der Waals surface area (Å²) in [7, 11) is 0. The van der Waals surface area contributed by atoms with Crippen molar-refractivity contribution in [1.29, 1.82) is 0 Å². The molecule has 3 rings (SSSR count). The number of benzene rings is 1. The van der Waals surface area contributed by atoms with Gasteiger partial charge in [0.2, 0.25) is 0 Å². The van der Waals surface area contributed by atoms with Crippen molar-refractivity contribution >= 4 is 33.4 Å². The van der Waals surface area contributed by atoms with Crippen LogP contribution in [0.1, 0.15) is 24.8 Å². The Morgan fingerprint density at radius 2 is 2.16 bits per heavy atom. The number of thioether (sulfide) groups is 1. The molecule has 1 saturated carbocycles. The lowest BCUT2D eigenvalue weighted by Crippen LogP contribution is -2.25. The van der Waals surface area contributed by atoms with Crippen molar-refractivity contribution in [2.75, 3.05) is 29.5 Å². The molecular formula is C15H21BrN2S. The van der Waals surface area contributed by atoms with Gasteiger partial charge in [0.05, 0.1) is 0 Å². The van der Waals surface area contributed by atoms with Gasteiger partial charge in [-0.2, -0.15) is 11.8 Å². The van der Waals surface area contributed by atoms with Crippen LogP contribution in [0.3, 0.4) is 0 Å². The molecule has 0 amide bonds. The Balaban J connectivity index is 1.66. The molecule has 1 saturated heterocycles. The molecule has 1 heterocycles. The molecule has 1 N–H and O–H groups in total. The first-order valence-corrected chi connectivity index (χ1v) is 9.12. The Bertz CT molecular complexity index is 426. The van der Waals surface area contributed by atoms with Gasteiger partial charge in [-0.15, -0.1) is 0 Å². The summed E-state index contributed by atoms with van der Waals surface area (Å²) in [6.07, 6.45) is 4.00. The van der Waals surface area contributed by atoms with E-state index in [-0.39, 0.29) is 0 Å². The Kier molecular flexibility index (Phi) is 4.72. The molecule has 0 aromatic heterocycles. The number of hydrogen-bond donors (Lipinski definition) is 1. The predicted octanol–water partition coefficient (Wildman–Crippen LogP) is 3.64. The quantitative estimate of drug-likeness (QED) is 0.900. The van der Waals surface area contributed by atoms with Gasteiger partial charge >= 0.3 is 0 Å². The van der Waals surface area contributed by atoms with E-state index in [1.54, 1.807) is 0 Å². The van der Waals surface area contributed by atoms with Crippen LogP contribution in [-0.4, -0.2) is 30.6 Å². The lowest BCUT2D eigenvalue weighted by atomic mass is 10.2. The van der Waals surface area contributed by atoms with Gasteiger partial charge in [0, 0.05) is 41.6 Å². The van der Waals surface area contributed by atoms with Crippen molar-refractivity contribution in [3.63, 3.8) is 0 Å². The van der Waals surface area contributed by atoms with Crippen LogP contribution in [0.25, 0.3) is 0 Å². The Hall–Kier alpha value is -0.190. The molecule has 4 heteroatoms. The summed E-state index contributed by atoms with van der Waals surface area (Å²) in [6, 6.07) is 7.62. The van der Waals surface area contributed by atoms with E-state index in [9.17, 15) is 0 Å². The molecule has 2 fully saturated rings. The second kappa shape index (κ2) is 6.51. The molecule has 1 aromatic rings. The van der Waals surface area contributed by atoms with E-state index >= 15 is 0 Å². The fourth-order valence-electron chi connectivity index (χ4n) is 2.42. The average Bonchev–Trinajstić information content (AvgIpc) is 3.24. The van der Waals surface area contributed by atoms with Gasteiger partial charge in [-0.1, -0.05) is 22.0 Å². The Labute approximate surface area is 128 Å². The van der Waals surface area contributed by atoms with Gasteiger partial charge < -0.3 is 10.2 Å². The maximum absolute atomic E-state index is 3.73. The number of hydrogen-bond acceptors (Lipinski definition) is 3. The summed E-state index contributed by atoms with van der Waals surface area (Å²) < 4.78 is 1.25. The van der Waals surface area contributed by atoms with E-state index in [2.05, 4.69) is 56.1 Å². The summed E-state index contributed by atoms with van der Waals surface area (Å²) in [4.78, 5) is 2.52. The minimum absolute atomic E-state index is 0.772. The molecule has 1 aromatic carbocycles. The van der Waals surface area contributed by atoms with E-state index in [1.807, 2.05) is 0 Å². The van der Waals surface area contributed by atoms with Crippen molar-refractivity contribution in [2.24, 2.45) is 0 Å². The molecule has 0 atom stereocenters. The standard InChI is InChI=1S/C15H21BrN2S/c16-15-10-14(18-6-1-8-19-9-7-18)5-2-12(15)11-17-13-3-4-13/h2,5,10,13,17H,1,3-4,6-9,11H2. The summed E-state index contributed by atoms with van der Waals surface area (Å²) >= 11 is 5.81. The number of rotatable bonds is 4. The third-order valence-corrected chi connectivity index (χ3v) is 5.57. The minimum atomic E-state index is 0.772. The molecule has 1 aliphatic heterocycles. The average molecular weight is 341 g/mol. The molecule has 0 unspecified atom stereocenters. The molecule has 19 heavy (non-hydrogen) atoms. The first kappa shape index (κ1) is 13.8. The highest BCUT2D eigenvalue weighted by atomic mass is 79.9. The van der Waals surface area contributed by atoms with Crippen molar-refractivity contribution in [1.82, 2.24) is 5.32 Å². The van der Waals surface area contributed by atoms with Gasteiger partial charge in [0.1, 0.15) is 0 Å². The number of nitrogens with zero attached hydrogens (tertiary/aromatic N) is 1. The highest BCUT2D eigenvalue weighted by Crippen LogP contribution is 2.27. The fraction of sp³-hybridized carbons (Fsp3) is 0.600. The monoisotopic (exact) mass is 340 g/mol. The van der Waals surface area contributed by atoms with Gasteiger partial charge in [0.15, 0.2) is 0 Å². The molecule has 1 aliphatic carbocycles. The van der Waals surface area contributed by atoms with Crippen LogP contribution in [0.15, 0.2) is 22.7 Å². The van der Waals surface area contributed by atoms with Crippen molar-refractivity contribution in [2.45, 2.75) is 31.8 Å². The van der Waals surface area contributed by atoms with Crippen molar-refractivity contribution < 1.29 is 0 Å². The zero-order valence-electron chi connectivity index (χ0n) is 11.2. The molecule has 104 valence electrons. The maximum Gasteiger partial charge on any atom is 0.0378 e. The van der Waals surface area contributed by atoms with Crippen LogP contribution in [-0.2, 0) is 6.54 Å². The van der Waals surface area contributed by atoms with Crippen LogP contribution in [0, 0.1) is 0 Å². The predicted molar refractivity (Wildman–Crippen MR) is 88.2 cm³/mol. The maximum atomic E-state index is 3.73. The van der Waals surface area contributed by atoms with Crippen molar-refractivity contribution in [3.05, 3.63) is 28.2 Å². The highest BCUT2D eigenvalue weighted by molar-refractivity contribution is 9.10. The molecule has 2 nitrogen and oxygen atoms in total. The van der Waals surface area contributed by atoms with Gasteiger partial charge in [0.25, 0.3) is 0 Å². The van der Waals surface area contributed by atoms with E-state index in [0.29, 0.717) is 0 Å². The minimum Gasteiger partial charge on any atom is -0.371 e. The SMILES string of the molecule is Brc1cc(N2CCCSCC2)ccc1CNC1CC1. The van der Waals surface area contributed by atoms with Crippen LogP contribution < -0.4 is 10.2 Å². The molecule has 0 spiro atoms. The second-order valence-electron chi connectivity index (χ2n) is 5.38. The van der Waals surface area contributed by atoms with Crippen LogP contribution in [0.5, 0.6) is 0 Å². The first-order valence-electron chi connectivity index (χ1n) is 7.17. The van der Waals surface area contributed by atoms with Crippen LogP contribution in [0.4, 0.5) is 5.69 Å². The third kappa shape index (κ3) is 3.89. The number of halogens is 1. The van der Waals surface area contributed by atoms with Crippen LogP contribution >= 0.6 is 27.7 Å². The third-order valence-electron chi connectivity index (χ3n) is 3.78. The van der Waals surface area contributed by atoms with Gasteiger partial charge in [-0.25, -0.2) is 0 Å². The molecule has 0 radical (unpaired) electrons. The Morgan fingerprint density at radius 3 is 2.95 bits per heavy atom. The van der Waals surface area contributed by atoms with E-state index < -0.39 is 0 Å².